The van der Waals surface area contributed by atoms with Crippen LogP contribution in [0.4, 0.5) is 8.78 Å². The summed E-state index contributed by atoms with van der Waals surface area (Å²) < 4.78 is 31.6. The second kappa shape index (κ2) is 8.45. The predicted octanol–water partition coefficient (Wildman–Crippen LogP) is 3.80. The van der Waals surface area contributed by atoms with Crippen molar-refractivity contribution < 1.29 is 23.4 Å². The van der Waals surface area contributed by atoms with Crippen LogP contribution in [0.5, 0.6) is 5.75 Å². The summed E-state index contributed by atoms with van der Waals surface area (Å²) in [6, 6.07) is 13.7. The van der Waals surface area contributed by atoms with Crippen molar-refractivity contribution in [1.82, 2.24) is 10.2 Å². The van der Waals surface area contributed by atoms with Crippen LogP contribution in [0, 0.1) is 11.8 Å². The number of amides is 1. The zero-order valence-electron chi connectivity index (χ0n) is 17.9. The molecule has 2 aliphatic carbocycles. The standard InChI is InChI=1S/C25H28F2N2O3/c26-25(27)10-20(25)15-32-21-8-7-19-13-29(14-23(30)22(19)9-21)12-17-3-1-16(2-4-17)11-28-24(31)18-5-6-18/h1-4,7-9,18,20,23,30H,5-6,10-15H2,(H,28,31). The number of fused-ring (bicyclic) bond motifs is 1. The van der Waals surface area contributed by atoms with Crippen molar-refractivity contribution in [3.8, 4) is 5.75 Å². The van der Waals surface area contributed by atoms with Gasteiger partial charge in [-0.2, -0.15) is 0 Å². The molecule has 5 nitrogen and oxygen atoms in total. The lowest BCUT2D eigenvalue weighted by Gasteiger charge is -2.32. The number of carbonyl (C=O) groups is 1. The molecule has 3 aliphatic rings. The van der Waals surface area contributed by atoms with E-state index in [1.165, 1.54) is 0 Å². The highest BCUT2D eigenvalue weighted by Gasteiger charge is 2.57. The third kappa shape index (κ3) is 4.94. The molecule has 0 aromatic heterocycles. The fourth-order valence-corrected chi connectivity index (χ4v) is 4.23. The first-order valence-electron chi connectivity index (χ1n) is 11.3. The molecule has 2 saturated carbocycles. The van der Waals surface area contributed by atoms with Crippen molar-refractivity contribution in [1.29, 1.82) is 0 Å². The van der Waals surface area contributed by atoms with Crippen LogP contribution in [-0.4, -0.2) is 35.0 Å². The van der Waals surface area contributed by atoms with Gasteiger partial charge in [0, 0.05) is 38.5 Å². The zero-order valence-corrected chi connectivity index (χ0v) is 17.9. The van der Waals surface area contributed by atoms with Gasteiger partial charge in [0.1, 0.15) is 5.75 Å². The molecule has 32 heavy (non-hydrogen) atoms. The minimum atomic E-state index is -2.59. The number of aliphatic hydroxyl groups is 1. The molecule has 1 heterocycles. The van der Waals surface area contributed by atoms with Crippen molar-refractivity contribution in [2.45, 2.75) is 50.9 Å². The van der Waals surface area contributed by atoms with E-state index in [0.717, 1.165) is 35.1 Å². The Bertz CT molecular complexity index is 991. The van der Waals surface area contributed by atoms with Gasteiger partial charge in [-0.25, -0.2) is 8.78 Å². The Morgan fingerprint density at radius 1 is 1.16 bits per heavy atom. The fraction of sp³-hybridized carbons (Fsp3) is 0.480. The van der Waals surface area contributed by atoms with Gasteiger partial charge in [0.25, 0.3) is 5.92 Å². The maximum absolute atomic E-state index is 13.0. The Hall–Kier alpha value is -2.51. The van der Waals surface area contributed by atoms with Gasteiger partial charge in [-0.1, -0.05) is 30.3 Å². The molecule has 0 radical (unpaired) electrons. The van der Waals surface area contributed by atoms with Gasteiger partial charge >= 0.3 is 0 Å². The molecule has 170 valence electrons. The average molecular weight is 443 g/mol. The summed E-state index contributed by atoms with van der Waals surface area (Å²) in [6.45, 7) is 2.46. The lowest BCUT2D eigenvalue weighted by molar-refractivity contribution is -0.122. The molecule has 2 N–H and O–H groups in total. The number of benzene rings is 2. The summed E-state index contributed by atoms with van der Waals surface area (Å²) in [5.41, 5.74) is 4.04. The summed E-state index contributed by atoms with van der Waals surface area (Å²) in [6.07, 6.45) is 1.25. The van der Waals surface area contributed by atoms with Gasteiger partial charge in [0.2, 0.25) is 5.91 Å². The van der Waals surface area contributed by atoms with Crippen LogP contribution < -0.4 is 10.1 Å². The SMILES string of the molecule is O=C(NCc1ccc(CN2Cc3ccc(OCC4CC4(F)F)cc3C(O)C2)cc1)C1CC1. The van der Waals surface area contributed by atoms with Gasteiger partial charge in [-0.3, -0.25) is 9.69 Å². The lowest BCUT2D eigenvalue weighted by Crippen LogP contribution is -2.33. The first-order chi connectivity index (χ1) is 15.4. The van der Waals surface area contributed by atoms with Crippen LogP contribution >= 0.6 is 0 Å². The monoisotopic (exact) mass is 442 g/mol. The molecular weight excluding hydrogens is 414 g/mol. The highest BCUT2D eigenvalue weighted by atomic mass is 19.3. The van der Waals surface area contributed by atoms with E-state index >= 15 is 0 Å². The number of rotatable bonds is 8. The molecule has 2 aromatic carbocycles. The van der Waals surface area contributed by atoms with E-state index in [2.05, 4.69) is 22.3 Å². The highest BCUT2D eigenvalue weighted by molar-refractivity contribution is 5.80. The van der Waals surface area contributed by atoms with Crippen LogP contribution in [0.15, 0.2) is 42.5 Å². The van der Waals surface area contributed by atoms with Crippen LogP contribution in [0.3, 0.4) is 0 Å². The minimum absolute atomic E-state index is 0.00820. The Balaban J connectivity index is 1.15. The number of ether oxygens (including phenoxy) is 1. The van der Waals surface area contributed by atoms with Crippen molar-refractivity contribution in [3.05, 3.63) is 64.7 Å². The third-order valence-electron chi connectivity index (χ3n) is 6.55. The number of alkyl halides is 2. The number of carbonyl (C=O) groups excluding carboxylic acids is 1. The Labute approximate surface area is 186 Å². The maximum atomic E-state index is 13.0. The predicted molar refractivity (Wildman–Crippen MR) is 115 cm³/mol. The van der Waals surface area contributed by atoms with E-state index in [0.29, 0.717) is 31.9 Å². The molecular formula is C25H28F2N2O3. The second-order valence-electron chi connectivity index (χ2n) is 9.33. The van der Waals surface area contributed by atoms with Gasteiger partial charge in [0.15, 0.2) is 0 Å². The molecule has 1 aliphatic heterocycles. The molecule has 2 atom stereocenters. The molecule has 2 fully saturated rings. The highest BCUT2D eigenvalue weighted by Crippen LogP contribution is 2.48. The zero-order chi connectivity index (χ0) is 22.3. The van der Waals surface area contributed by atoms with E-state index in [4.69, 9.17) is 4.74 Å². The fourth-order valence-electron chi connectivity index (χ4n) is 4.23. The number of aliphatic hydroxyl groups excluding tert-OH is 1. The normalized spacial score (nSPS) is 24.0. The van der Waals surface area contributed by atoms with E-state index in [9.17, 15) is 18.7 Å². The van der Waals surface area contributed by atoms with Gasteiger partial charge in [-0.15, -0.1) is 0 Å². The molecule has 0 saturated heterocycles. The Morgan fingerprint density at radius 3 is 2.56 bits per heavy atom. The second-order valence-corrected chi connectivity index (χ2v) is 9.33. The maximum Gasteiger partial charge on any atom is 0.255 e. The topological polar surface area (TPSA) is 61.8 Å². The quantitative estimate of drug-likeness (QED) is 0.653. The molecule has 0 bridgehead atoms. The Kier molecular flexibility index (Phi) is 5.63. The summed E-state index contributed by atoms with van der Waals surface area (Å²) in [5.74, 6) is -2.39. The number of β-amino-alcohol motifs (C(OH)–C–C–N with tert-alkyl or cyclic N) is 1. The van der Waals surface area contributed by atoms with E-state index < -0.39 is 17.9 Å². The summed E-state index contributed by atoms with van der Waals surface area (Å²) in [5, 5.41) is 13.6. The summed E-state index contributed by atoms with van der Waals surface area (Å²) in [7, 11) is 0. The first kappa shape index (κ1) is 21.3. The van der Waals surface area contributed by atoms with Crippen LogP contribution in [0.2, 0.25) is 0 Å². The number of halogens is 2. The summed E-state index contributed by atoms with van der Waals surface area (Å²) >= 11 is 0. The smallest absolute Gasteiger partial charge is 0.255 e. The van der Waals surface area contributed by atoms with Crippen LogP contribution in [-0.2, 0) is 24.4 Å². The largest absolute Gasteiger partial charge is 0.493 e. The lowest BCUT2D eigenvalue weighted by atomic mass is 9.96. The van der Waals surface area contributed by atoms with E-state index in [1.807, 2.05) is 18.2 Å². The third-order valence-corrected chi connectivity index (χ3v) is 6.55. The van der Waals surface area contributed by atoms with Gasteiger partial charge in [-0.05, 0) is 47.2 Å². The van der Waals surface area contributed by atoms with Crippen LogP contribution in [0.25, 0.3) is 0 Å². The average Bonchev–Trinajstić information content (AvgIpc) is 3.69. The number of hydrogen-bond donors (Lipinski definition) is 2. The minimum Gasteiger partial charge on any atom is -0.493 e. The molecule has 2 aromatic rings. The van der Waals surface area contributed by atoms with Gasteiger partial charge in [0.05, 0.1) is 18.6 Å². The molecule has 1 amide bonds. The van der Waals surface area contributed by atoms with E-state index in [1.54, 1.807) is 12.1 Å². The van der Waals surface area contributed by atoms with Crippen molar-refractivity contribution in [2.24, 2.45) is 11.8 Å². The van der Waals surface area contributed by atoms with Crippen molar-refractivity contribution in [2.75, 3.05) is 13.2 Å². The number of nitrogens with one attached hydrogen (secondary N) is 1. The van der Waals surface area contributed by atoms with Gasteiger partial charge < -0.3 is 15.2 Å². The number of nitrogens with zero attached hydrogens (tertiary/aromatic N) is 1. The Morgan fingerprint density at radius 2 is 1.88 bits per heavy atom. The number of hydrogen-bond acceptors (Lipinski definition) is 4. The van der Waals surface area contributed by atoms with Crippen molar-refractivity contribution in [3.63, 3.8) is 0 Å². The van der Waals surface area contributed by atoms with Crippen molar-refractivity contribution >= 4 is 5.91 Å². The molecule has 7 heteroatoms. The van der Waals surface area contributed by atoms with E-state index in [-0.39, 0.29) is 24.9 Å². The van der Waals surface area contributed by atoms with Crippen LogP contribution in [0.1, 0.15) is 47.6 Å². The first-order valence-corrected chi connectivity index (χ1v) is 11.3. The summed E-state index contributed by atoms with van der Waals surface area (Å²) in [4.78, 5) is 14.0. The molecule has 0 spiro atoms. The molecule has 2 unspecified atom stereocenters. The molecule has 5 rings (SSSR count).